The number of hydrogen-bond donors (Lipinski definition) is 0. The van der Waals surface area contributed by atoms with Gasteiger partial charge in [-0.15, -0.1) is 16.1 Å². The summed E-state index contributed by atoms with van der Waals surface area (Å²) >= 11 is 0. The minimum absolute atomic E-state index is 0. The summed E-state index contributed by atoms with van der Waals surface area (Å²) in [7, 11) is 6.62. The van der Waals surface area contributed by atoms with Gasteiger partial charge >= 0.3 is 16.5 Å². The molecule has 0 unspecified atom stereocenters. The normalized spacial score (nSPS) is 11.1. The van der Waals surface area contributed by atoms with Gasteiger partial charge in [0.15, 0.2) is 0 Å². The zero-order chi connectivity index (χ0) is 15.6. The molecule has 0 aromatic carbocycles. The second-order valence-electron chi connectivity index (χ2n) is 7.73. The Balaban J connectivity index is -0.0000000906. The average molecular weight is 349 g/mol. The van der Waals surface area contributed by atoms with Crippen LogP contribution in [0.15, 0.2) is 0 Å². The summed E-state index contributed by atoms with van der Waals surface area (Å²) in [6.45, 7) is 23.4. The van der Waals surface area contributed by atoms with Crippen LogP contribution in [0.5, 0.6) is 0 Å². The van der Waals surface area contributed by atoms with E-state index in [1.54, 1.807) is 0 Å². The Morgan fingerprint density at radius 1 is 0.632 bits per heavy atom. The Kier molecular flexibility index (Phi) is 20.4. The molecule has 0 aliphatic rings. The molecule has 0 atom stereocenters. The maximum atomic E-state index is 3.91. The number of nitrogens with zero attached hydrogens (tertiary/aromatic N) is 2. The van der Waals surface area contributed by atoms with Crippen LogP contribution in [0.25, 0.3) is 0 Å². The Labute approximate surface area is 136 Å². The van der Waals surface area contributed by atoms with Crippen LogP contribution < -0.4 is 0 Å². The van der Waals surface area contributed by atoms with E-state index in [9.17, 15) is 0 Å². The molecule has 0 aliphatic heterocycles. The minimum Gasteiger partial charge on any atom is -0.342 e. The largest absolute Gasteiger partial charge is 2.00 e. The first kappa shape index (κ1) is 28.1. The summed E-state index contributed by atoms with van der Waals surface area (Å²) < 4.78 is 0. The number of likely N-dealkylation sites (N-methyl/N-ethyl adjacent to an activating group) is 2. The van der Waals surface area contributed by atoms with Gasteiger partial charge in [-0.1, -0.05) is 39.3 Å². The average Bonchev–Trinajstić information content (AvgIpc) is 1.93. The molecular formula is C14H38N2NiSi2. The molecule has 0 bridgehead atoms. The van der Waals surface area contributed by atoms with Crippen molar-refractivity contribution in [3.05, 3.63) is 13.1 Å². The Bertz CT molecular complexity index is 141. The summed E-state index contributed by atoms with van der Waals surface area (Å²) in [5.41, 5.74) is 0. The van der Waals surface area contributed by atoms with E-state index in [0.717, 1.165) is 13.1 Å². The van der Waals surface area contributed by atoms with Gasteiger partial charge in [-0.25, -0.2) is 0 Å². The van der Waals surface area contributed by atoms with Crippen molar-refractivity contribution < 1.29 is 16.5 Å². The van der Waals surface area contributed by atoms with Crippen molar-refractivity contribution in [1.29, 1.82) is 0 Å². The Hall–Kier alpha value is 0.847. The monoisotopic (exact) mass is 348 g/mol. The minimum atomic E-state index is -0.861. The third-order valence-electron chi connectivity index (χ3n) is 0.994. The summed E-state index contributed by atoms with van der Waals surface area (Å²) in [6.07, 6.45) is 0. The molecule has 0 heterocycles. The summed E-state index contributed by atoms with van der Waals surface area (Å²) in [5, 5.41) is 0. The molecule has 0 radical (unpaired) electrons. The smallest absolute Gasteiger partial charge is 0.342 e. The van der Waals surface area contributed by atoms with Crippen molar-refractivity contribution in [3.8, 4) is 0 Å². The van der Waals surface area contributed by atoms with E-state index in [1.807, 2.05) is 0 Å². The van der Waals surface area contributed by atoms with Gasteiger partial charge in [-0.05, 0) is 28.2 Å². The molecule has 5 heteroatoms. The second kappa shape index (κ2) is 13.8. The van der Waals surface area contributed by atoms with Gasteiger partial charge in [0.1, 0.15) is 0 Å². The fourth-order valence-electron chi connectivity index (χ4n) is 0.400. The SMILES string of the molecule is CN(C)CCN(C)C.[CH2-][Si](C)(C)C.[CH2-][Si](C)(C)C.[Ni+2]. The second-order valence-corrected chi connectivity index (χ2v) is 18.0. The van der Waals surface area contributed by atoms with Crippen molar-refractivity contribution in [2.45, 2.75) is 39.3 Å². The maximum absolute atomic E-state index is 3.91. The summed E-state index contributed by atoms with van der Waals surface area (Å²) in [4.78, 5) is 4.36. The van der Waals surface area contributed by atoms with Gasteiger partial charge < -0.3 is 22.9 Å². The van der Waals surface area contributed by atoms with E-state index in [0.29, 0.717) is 0 Å². The molecule has 19 heavy (non-hydrogen) atoms. The molecule has 0 aliphatic carbocycles. The van der Waals surface area contributed by atoms with Crippen LogP contribution in [0, 0.1) is 13.1 Å². The molecule has 0 spiro atoms. The van der Waals surface area contributed by atoms with E-state index in [4.69, 9.17) is 0 Å². The van der Waals surface area contributed by atoms with E-state index in [1.165, 1.54) is 0 Å². The van der Waals surface area contributed by atoms with Crippen LogP contribution in [0.4, 0.5) is 0 Å². The molecule has 0 amide bonds. The van der Waals surface area contributed by atoms with Gasteiger partial charge in [0.2, 0.25) is 0 Å². The van der Waals surface area contributed by atoms with Crippen molar-refractivity contribution in [2.75, 3.05) is 41.3 Å². The fraction of sp³-hybridized carbons (Fsp3) is 0.857. The molecule has 0 aromatic rings. The van der Waals surface area contributed by atoms with Crippen molar-refractivity contribution in [3.63, 3.8) is 0 Å². The van der Waals surface area contributed by atoms with Crippen LogP contribution in [0.3, 0.4) is 0 Å². The Morgan fingerprint density at radius 3 is 0.789 bits per heavy atom. The topological polar surface area (TPSA) is 6.48 Å². The molecule has 0 aromatic heterocycles. The molecule has 0 saturated carbocycles. The molecular weight excluding hydrogens is 311 g/mol. The Morgan fingerprint density at radius 2 is 0.737 bits per heavy atom. The zero-order valence-corrected chi connectivity index (χ0v) is 18.0. The van der Waals surface area contributed by atoms with Crippen LogP contribution >= 0.6 is 0 Å². The predicted octanol–water partition coefficient (Wildman–Crippen LogP) is 3.50. The van der Waals surface area contributed by atoms with Crippen molar-refractivity contribution in [1.82, 2.24) is 9.80 Å². The predicted molar refractivity (Wildman–Crippen MR) is 94.5 cm³/mol. The van der Waals surface area contributed by atoms with Crippen molar-refractivity contribution >= 4 is 16.1 Å². The van der Waals surface area contributed by atoms with E-state index < -0.39 is 16.1 Å². The third-order valence-corrected chi connectivity index (χ3v) is 0.994. The van der Waals surface area contributed by atoms with Gasteiger partial charge in [-0.2, -0.15) is 0 Å². The molecule has 0 saturated heterocycles. The first-order chi connectivity index (χ1) is 7.63. The van der Waals surface area contributed by atoms with Gasteiger partial charge in [0.25, 0.3) is 0 Å². The van der Waals surface area contributed by atoms with Gasteiger partial charge in [-0.3, -0.25) is 0 Å². The van der Waals surface area contributed by atoms with Crippen molar-refractivity contribution in [2.24, 2.45) is 0 Å². The van der Waals surface area contributed by atoms with Gasteiger partial charge in [0, 0.05) is 13.1 Å². The quantitative estimate of drug-likeness (QED) is 0.568. The number of hydrogen-bond acceptors (Lipinski definition) is 2. The summed E-state index contributed by atoms with van der Waals surface area (Å²) in [5.74, 6) is 0. The first-order valence-electron chi connectivity index (χ1n) is 6.63. The molecule has 0 rings (SSSR count). The fourth-order valence-corrected chi connectivity index (χ4v) is 0.400. The van der Waals surface area contributed by atoms with Gasteiger partial charge in [0.05, 0.1) is 0 Å². The van der Waals surface area contributed by atoms with Crippen LogP contribution in [0.2, 0.25) is 39.3 Å². The molecule has 0 fully saturated rings. The van der Waals surface area contributed by atoms with E-state index >= 15 is 0 Å². The third kappa shape index (κ3) is 156. The maximum Gasteiger partial charge on any atom is 2.00 e. The van der Waals surface area contributed by atoms with E-state index in [-0.39, 0.29) is 16.5 Å². The first-order valence-corrected chi connectivity index (χ1v) is 14.0. The molecule has 122 valence electrons. The van der Waals surface area contributed by atoms with Crippen LogP contribution in [0.1, 0.15) is 0 Å². The summed E-state index contributed by atoms with van der Waals surface area (Å²) in [6, 6.07) is 0. The van der Waals surface area contributed by atoms with Crippen LogP contribution in [-0.2, 0) is 16.5 Å². The van der Waals surface area contributed by atoms with Crippen LogP contribution in [-0.4, -0.2) is 67.2 Å². The molecule has 0 N–H and O–H groups in total. The standard InChI is InChI=1S/C6H16N2.2C4H11Si.Ni/c1-7(2)5-6-8(3)4;2*1-5(2,3)4;/h5-6H2,1-4H3;2*1H2,2-4H3;/q;2*-1;+2. The molecule has 2 nitrogen and oxygen atoms in total. The number of rotatable bonds is 3. The van der Waals surface area contributed by atoms with E-state index in [2.05, 4.69) is 90.4 Å². The zero-order valence-electron chi connectivity index (χ0n) is 15.0.